The lowest BCUT2D eigenvalue weighted by atomic mass is 10.1. The van der Waals surface area contributed by atoms with Crippen LogP contribution in [0.3, 0.4) is 0 Å². The number of ether oxygens (including phenoxy) is 3. The molecule has 4 aromatic rings. The molecule has 1 amide bonds. The highest BCUT2D eigenvalue weighted by molar-refractivity contribution is 7.92. The molecule has 0 saturated heterocycles. The zero-order chi connectivity index (χ0) is 26.9. The largest absolute Gasteiger partial charge is 0.496 e. The molecule has 12 nitrogen and oxygen atoms in total. The molecule has 1 aliphatic carbocycles. The average molecular weight is 542 g/mol. The first-order chi connectivity index (χ1) is 18.3. The molecule has 0 spiro atoms. The molecule has 0 saturated carbocycles. The highest BCUT2D eigenvalue weighted by Gasteiger charge is 2.27. The lowest BCUT2D eigenvalue weighted by molar-refractivity contribution is 0.170. The van der Waals surface area contributed by atoms with Gasteiger partial charge in [0.25, 0.3) is 10.0 Å². The topological polar surface area (TPSA) is 147 Å². The minimum atomic E-state index is -4.04. The molecule has 2 aromatic carbocycles. The minimum absolute atomic E-state index is 0.0150. The van der Waals surface area contributed by atoms with Crippen molar-refractivity contribution in [1.82, 2.24) is 20.3 Å². The Morgan fingerprint density at radius 2 is 1.82 bits per heavy atom. The van der Waals surface area contributed by atoms with E-state index in [9.17, 15) is 13.2 Å². The van der Waals surface area contributed by atoms with Crippen LogP contribution in [0.15, 0.2) is 46.1 Å². The van der Waals surface area contributed by atoms with E-state index >= 15 is 0 Å². The Bertz CT molecular complexity index is 1610. The van der Waals surface area contributed by atoms with E-state index in [-0.39, 0.29) is 23.0 Å². The number of amides is 1. The molecule has 13 heteroatoms. The minimum Gasteiger partial charge on any atom is -0.496 e. The van der Waals surface area contributed by atoms with Gasteiger partial charge in [0.05, 0.1) is 34.1 Å². The number of benzene rings is 2. The molecule has 2 heterocycles. The lowest BCUT2D eigenvalue weighted by Crippen LogP contribution is -2.21. The third-order valence-electron chi connectivity index (χ3n) is 6.37. The fraction of sp³-hybridized carbons (Fsp3) is 0.320. The highest BCUT2D eigenvalue weighted by Crippen LogP contribution is 2.37. The number of fused-ring (bicyclic) bond motifs is 2. The molecular formula is C25H27N5O7S. The Hall–Kier alpha value is -4.26. The number of sulfonamides is 1. The van der Waals surface area contributed by atoms with E-state index in [2.05, 4.69) is 25.0 Å². The van der Waals surface area contributed by atoms with Crippen LogP contribution in [0.4, 0.5) is 10.6 Å². The second kappa shape index (κ2) is 10.2. The van der Waals surface area contributed by atoms with Gasteiger partial charge >= 0.3 is 6.09 Å². The molecule has 2 aromatic heterocycles. The van der Waals surface area contributed by atoms with Crippen LogP contribution in [0, 0.1) is 0 Å². The van der Waals surface area contributed by atoms with Crippen LogP contribution >= 0.6 is 0 Å². The van der Waals surface area contributed by atoms with Crippen molar-refractivity contribution in [3.05, 3.63) is 58.9 Å². The van der Waals surface area contributed by atoms with Crippen LogP contribution in [-0.2, 0) is 40.7 Å². The predicted molar refractivity (Wildman–Crippen MR) is 137 cm³/mol. The number of anilines is 1. The molecule has 0 unspecified atom stereocenters. The van der Waals surface area contributed by atoms with E-state index in [0.29, 0.717) is 23.3 Å². The number of carbonyl (C=O) groups is 1. The summed E-state index contributed by atoms with van der Waals surface area (Å²) in [5.74, 6) is 0.680. The maximum atomic E-state index is 13.4. The molecule has 0 fully saturated rings. The number of aromatic nitrogens is 3. The summed E-state index contributed by atoms with van der Waals surface area (Å²) in [4.78, 5) is 11.3. The number of carbonyl (C=O) groups excluding carboxylic acids is 1. The van der Waals surface area contributed by atoms with Crippen LogP contribution in [0.1, 0.15) is 28.7 Å². The lowest BCUT2D eigenvalue weighted by Gasteiger charge is -2.13. The molecule has 0 atom stereocenters. The highest BCUT2D eigenvalue weighted by atomic mass is 32.2. The zero-order valence-corrected chi connectivity index (χ0v) is 21.9. The smallest absolute Gasteiger partial charge is 0.407 e. The number of nitrogens with zero attached hydrogens (tertiary/aromatic N) is 3. The maximum absolute atomic E-state index is 13.4. The van der Waals surface area contributed by atoms with E-state index in [4.69, 9.17) is 14.0 Å². The molecule has 1 aliphatic rings. The van der Waals surface area contributed by atoms with E-state index in [0.717, 1.165) is 41.5 Å². The van der Waals surface area contributed by atoms with Crippen molar-refractivity contribution < 1.29 is 31.9 Å². The number of rotatable bonds is 9. The van der Waals surface area contributed by atoms with Gasteiger partial charge in [-0.1, -0.05) is 5.16 Å². The summed E-state index contributed by atoms with van der Waals surface area (Å²) in [6.45, 7) is 0.647. The standard InChI is InChI=1S/C25H27N5O7S/c1-34-19-9-17-5-4-6-18(17)10-22(19)38(32,33)29-24-23-20(35-2)7-15(8-21(23)37-28-24)13-30-14-16(12-27-30)11-26-25(31)36-3/h7-10,12,14H,4-6,11,13H2,1-3H3,(H,26,31)(H,28,29). The van der Waals surface area contributed by atoms with Crippen molar-refractivity contribution >= 4 is 32.9 Å². The van der Waals surface area contributed by atoms with Crippen molar-refractivity contribution in [2.75, 3.05) is 26.1 Å². The van der Waals surface area contributed by atoms with Crippen LogP contribution in [0.25, 0.3) is 11.0 Å². The van der Waals surface area contributed by atoms with Gasteiger partial charge in [-0.15, -0.1) is 0 Å². The van der Waals surface area contributed by atoms with Gasteiger partial charge in [-0.3, -0.25) is 9.40 Å². The third kappa shape index (κ3) is 4.96. The average Bonchev–Trinajstić information content (AvgIpc) is 3.66. The number of aryl methyl sites for hydroxylation is 2. The number of nitrogens with one attached hydrogen (secondary N) is 2. The fourth-order valence-electron chi connectivity index (χ4n) is 4.56. The Morgan fingerprint density at radius 1 is 1.05 bits per heavy atom. The summed E-state index contributed by atoms with van der Waals surface area (Å²) in [7, 11) is 0.190. The van der Waals surface area contributed by atoms with Crippen LogP contribution < -0.4 is 19.5 Å². The quantitative estimate of drug-likeness (QED) is 0.326. The van der Waals surface area contributed by atoms with Crippen molar-refractivity contribution in [2.45, 2.75) is 37.2 Å². The number of methoxy groups -OCH3 is 3. The molecule has 2 N–H and O–H groups in total. The van der Waals surface area contributed by atoms with Gasteiger partial charge in [0.1, 0.15) is 21.8 Å². The van der Waals surface area contributed by atoms with Gasteiger partial charge in [0, 0.05) is 18.3 Å². The van der Waals surface area contributed by atoms with Gasteiger partial charge in [-0.2, -0.15) is 5.10 Å². The van der Waals surface area contributed by atoms with Gasteiger partial charge in [0.15, 0.2) is 11.4 Å². The van der Waals surface area contributed by atoms with Gasteiger partial charge in [-0.05, 0) is 60.2 Å². The van der Waals surface area contributed by atoms with Crippen molar-refractivity contribution in [3.8, 4) is 11.5 Å². The monoisotopic (exact) mass is 541 g/mol. The van der Waals surface area contributed by atoms with Crippen molar-refractivity contribution in [1.29, 1.82) is 0 Å². The first-order valence-corrected chi connectivity index (χ1v) is 13.3. The van der Waals surface area contributed by atoms with Crippen LogP contribution in [0.2, 0.25) is 0 Å². The maximum Gasteiger partial charge on any atom is 0.407 e. The zero-order valence-electron chi connectivity index (χ0n) is 21.1. The molecule has 5 rings (SSSR count). The van der Waals surface area contributed by atoms with E-state index in [1.807, 2.05) is 0 Å². The van der Waals surface area contributed by atoms with Gasteiger partial charge < -0.3 is 24.1 Å². The summed E-state index contributed by atoms with van der Waals surface area (Å²) in [5.41, 5.74) is 4.03. The summed E-state index contributed by atoms with van der Waals surface area (Å²) < 4.78 is 52.0. The van der Waals surface area contributed by atoms with Crippen LogP contribution in [0.5, 0.6) is 11.5 Å². The second-order valence-corrected chi connectivity index (χ2v) is 10.5. The number of hydrogen-bond acceptors (Lipinski definition) is 9. The summed E-state index contributed by atoms with van der Waals surface area (Å²) in [5, 5.41) is 11.3. The Morgan fingerprint density at radius 3 is 2.55 bits per heavy atom. The van der Waals surface area contributed by atoms with Crippen molar-refractivity contribution in [3.63, 3.8) is 0 Å². The molecular weight excluding hydrogens is 514 g/mol. The summed E-state index contributed by atoms with van der Waals surface area (Å²) in [6.07, 6.45) is 5.60. The molecule has 0 bridgehead atoms. The Kier molecular flexibility index (Phi) is 6.85. The normalized spacial score (nSPS) is 12.8. The molecule has 0 aliphatic heterocycles. The van der Waals surface area contributed by atoms with Gasteiger partial charge in [-0.25, -0.2) is 13.2 Å². The number of alkyl carbamates (subject to hydrolysis) is 1. The number of hydrogen-bond donors (Lipinski definition) is 2. The summed E-state index contributed by atoms with van der Waals surface area (Å²) in [6, 6.07) is 6.96. The van der Waals surface area contributed by atoms with E-state index in [1.54, 1.807) is 41.3 Å². The Labute approximate surface area is 218 Å². The molecule has 200 valence electrons. The van der Waals surface area contributed by atoms with Crippen LogP contribution in [-0.4, -0.2) is 50.8 Å². The third-order valence-corrected chi connectivity index (χ3v) is 7.73. The first kappa shape index (κ1) is 25.4. The van der Waals surface area contributed by atoms with E-state index < -0.39 is 16.1 Å². The Balaban J connectivity index is 1.40. The molecule has 38 heavy (non-hydrogen) atoms. The second-order valence-electron chi connectivity index (χ2n) is 8.82. The molecule has 0 radical (unpaired) electrons. The summed E-state index contributed by atoms with van der Waals surface area (Å²) >= 11 is 0. The SMILES string of the molecule is COC(=O)NCc1cnn(Cc2cc(OC)c3c(NS(=O)(=O)c4cc5c(cc4OC)CCC5)noc3c2)c1. The predicted octanol–water partition coefficient (Wildman–Crippen LogP) is 3.24. The first-order valence-electron chi connectivity index (χ1n) is 11.8. The van der Waals surface area contributed by atoms with Gasteiger partial charge in [0.2, 0.25) is 0 Å². The van der Waals surface area contributed by atoms with E-state index in [1.165, 1.54) is 21.3 Å². The van der Waals surface area contributed by atoms with Crippen molar-refractivity contribution in [2.24, 2.45) is 0 Å². The fourth-order valence-corrected chi connectivity index (χ4v) is 5.77.